The van der Waals surface area contributed by atoms with Crippen LogP contribution in [0.25, 0.3) is 88.4 Å². The molecule has 0 aliphatic heterocycles. The highest BCUT2D eigenvalue weighted by atomic mass is 15.0. The predicted octanol–water partition coefficient (Wildman–Crippen LogP) is 12.9. The smallest absolute Gasteiger partial charge is 0.0788 e. The van der Waals surface area contributed by atoms with Crippen LogP contribution in [0.2, 0.25) is 0 Å². The zero-order valence-electron chi connectivity index (χ0n) is 27.4. The highest BCUT2D eigenvalue weighted by molar-refractivity contribution is 6.24. The number of fused-ring (bicyclic) bond motifs is 7. The summed E-state index contributed by atoms with van der Waals surface area (Å²) in [4.78, 5) is 0. The van der Waals surface area contributed by atoms with Crippen molar-refractivity contribution in [1.29, 1.82) is 0 Å². The van der Waals surface area contributed by atoms with Crippen LogP contribution in [0, 0.1) is 0 Å². The lowest BCUT2D eigenvalue weighted by Crippen LogP contribution is -1.99. The van der Waals surface area contributed by atoms with Gasteiger partial charge in [0.2, 0.25) is 0 Å². The van der Waals surface area contributed by atoms with E-state index >= 15 is 0 Å². The summed E-state index contributed by atoms with van der Waals surface area (Å²) in [7, 11) is 0. The van der Waals surface area contributed by atoms with Gasteiger partial charge in [-0.25, -0.2) is 0 Å². The first kappa shape index (κ1) is 28.4. The molecule has 10 aromatic rings. The molecule has 0 unspecified atom stereocenters. The Kier molecular flexibility index (Phi) is 6.53. The SMILES string of the molecule is c1ccc(-c2cccc(-n3c4ccc(-c5ccccc5)cc4c4ccc5c6cc(-c7ccccc7)ccc6n(-c6ccccc6)c5c43)c2)cc1. The van der Waals surface area contributed by atoms with Crippen LogP contribution >= 0.6 is 0 Å². The standard InChI is InChI=1S/C48H32N2/c1-5-14-33(15-6-1)36-20-13-23-40(30-36)50-46-29-25-38(35-18-9-3-10-19-35)32-44(46)42-27-26-41-43-31-37(34-16-7-2-8-17-34)24-28-45(43)49(47(41)48(42)50)39-21-11-4-12-22-39/h1-32H. The Morgan fingerprint density at radius 2 is 0.620 bits per heavy atom. The number of nitrogens with zero attached hydrogens (tertiary/aromatic N) is 2. The fraction of sp³-hybridized carbons (Fsp3) is 0. The van der Waals surface area contributed by atoms with Gasteiger partial charge in [0.15, 0.2) is 0 Å². The summed E-state index contributed by atoms with van der Waals surface area (Å²) in [6.07, 6.45) is 0. The molecule has 2 aromatic heterocycles. The summed E-state index contributed by atoms with van der Waals surface area (Å²) >= 11 is 0. The van der Waals surface area contributed by atoms with Crippen molar-refractivity contribution in [3.05, 3.63) is 194 Å². The first-order chi connectivity index (χ1) is 24.8. The summed E-state index contributed by atoms with van der Waals surface area (Å²) in [6, 6.07) is 70.4. The summed E-state index contributed by atoms with van der Waals surface area (Å²) in [6.45, 7) is 0. The second kappa shape index (κ2) is 11.5. The summed E-state index contributed by atoms with van der Waals surface area (Å²) in [5, 5.41) is 4.95. The number of rotatable bonds is 5. The van der Waals surface area contributed by atoms with E-state index in [1.54, 1.807) is 0 Å². The van der Waals surface area contributed by atoms with E-state index in [2.05, 4.69) is 203 Å². The first-order valence-electron chi connectivity index (χ1n) is 17.2. The Bertz CT molecular complexity index is 2830. The molecule has 2 heterocycles. The maximum absolute atomic E-state index is 2.49. The van der Waals surface area contributed by atoms with E-state index in [1.807, 2.05) is 0 Å². The van der Waals surface area contributed by atoms with E-state index in [-0.39, 0.29) is 0 Å². The topological polar surface area (TPSA) is 9.86 Å². The zero-order valence-corrected chi connectivity index (χ0v) is 27.4. The van der Waals surface area contributed by atoms with Crippen molar-refractivity contribution < 1.29 is 0 Å². The second-order valence-electron chi connectivity index (χ2n) is 13.0. The molecular weight excluding hydrogens is 605 g/mol. The average molecular weight is 637 g/mol. The van der Waals surface area contributed by atoms with Gasteiger partial charge in [0.05, 0.1) is 22.1 Å². The number of benzene rings is 8. The van der Waals surface area contributed by atoms with Crippen LogP contribution < -0.4 is 0 Å². The van der Waals surface area contributed by atoms with Gasteiger partial charge < -0.3 is 9.13 Å². The van der Waals surface area contributed by atoms with Gasteiger partial charge in [-0.05, 0) is 81.9 Å². The lowest BCUT2D eigenvalue weighted by Gasteiger charge is -2.13. The number of hydrogen-bond donors (Lipinski definition) is 0. The highest BCUT2D eigenvalue weighted by Gasteiger charge is 2.22. The van der Waals surface area contributed by atoms with Gasteiger partial charge in [-0.15, -0.1) is 0 Å². The van der Waals surface area contributed by atoms with E-state index < -0.39 is 0 Å². The Balaban J connectivity index is 1.36. The molecule has 0 atom stereocenters. The van der Waals surface area contributed by atoms with Crippen molar-refractivity contribution in [3.8, 4) is 44.8 Å². The molecule has 0 N–H and O–H groups in total. The van der Waals surface area contributed by atoms with Gasteiger partial charge in [-0.3, -0.25) is 0 Å². The van der Waals surface area contributed by atoms with Crippen molar-refractivity contribution in [1.82, 2.24) is 9.13 Å². The lowest BCUT2D eigenvalue weighted by molar-refractivity contribution is 1.15. The van der Waals surface area contributed by atoms with Crippen molar-refractivity contribution in [2.24, 2.45) is 0 Å². The third-order valence-electron chi connectivity index (χ3n) is 10.1. The van der Waals surface area contributed by atoms with Gasteiger partial charge >= 0.3 is 0 Å². The Morgan fingerprint density at radius 3 is 1.10 bits per heavy atom. The predicted molar refractivity (Wildman–Crippen MR) is 211 cm³/mol. The minimum Gasteiger partial charge on any atom is -0.307 e. The summed E-state index contributed by atoms with van der Waals surface area (Å²) in [5.41, 5.74) is 14.3. The molecule has 0 saturated heterocycles. The van der Waals surface area contributed by atoms with Gasteiger partial charge in [0.25, 0.3) is 0 Å². The molecule has 0 radical (unpaired) electrons. The van der Waals surface area contributed by atoms with Gasteiger partial charge in [0, 0.05) is 32.9 Å². The molecule has 2 nitrogen and oxygen atoms in total. The maximum Gasteiger partial charge on any atom is 0.0788 e. The Morgan fingerprint density at radius 1 is 0.240 bits per heavy atom. The Labute approximate surface area is 290 Å². The fourth-order valence-corrected chi connectivity index (χ4v) is 7.79. The Hall–Kier alpha value is -6.64. The van der Waals surface area contributed by atoms with Crippen LogP contribution in [0.4, 0.5) is 0 Å². The average Bonchev–Trinajstić information content (AvgIpc) is 3.71. The minimum absolute atomic E-state index is 1.14. The molecule has 2 heteroatoms. The van der Waals surface area contributed by atoms with Crippen LogP contribution in [-0.2, 0) is 0 Å². The summed E-state index contributed by atoms with van der Waals surface area (Å²) < 4.78 is 4.96. The summed E-state index contributed by atoms with van der Waals surface area (Å²) in [5.74, 6) is 0. The van der Waals surface area contributed by atoms with E-state index in [1.165, 1.54) is 77.0 Å². The van der Waals surface area contributed by atoms with Crippen molar-refractivity contribution in [3.63, 3.8) is 0 Å². The minimum atomic E-state index is 1.14. The number of aromatic nitrogens is 2. The quantitative estimate of drug-likeness (QED) is 0.178. The van der Waals surface area contributed by atoms with Crippen molar-refractivity contribution in [2.75, 3.05) is 0 Å². The van der Waals surface area contributed by atoms with Crippen molar-refractivity contribution in [2.45, 2.75) is 0 Å². The molecule has 0 saturated carbocycles. The molecule has 0 aliphatic rings. The van der Waals surface area contributed by atoms with E-state index in [9.17, 15) is 0 Å². The third kappa shape index (κ3) is 4.50. The molecule has 50 heavy (non-hydrogen) atoms. The highest BCUT2D eigenvalue weighted by Crippen LogP contribution is 2.43. The first-order valence-corrected chi connectivity index (χ1v) is 17.2. The van der Waals surface area contributed by atoms with Crippen LogP contribution in [0.3, 0.4) is 0 Å². The van der Waals surface area contributed by atoms with Crippen LogP contribution in [-0.4, -0.2) is 9.13 Å². The molecule has 8 aromatic carbocycles. The molecule has 0 spiro atoms. The molecule has 234 valence electrons. The van der Waals surface area contributed by atoms with E-state index in [4.69, 9.17) is 0 Å². The largest absolute Gasteiger partial charge is 0.307 e. The molecule has 0 fully saturated rings. The normalized spacial score (nSPS) is 11.6. The van der Waals surface area contributed by atoms with Crippen LogP contribution in [0.1, 0.15) is 0 Å². The van der Waals surface area contributed by atoms with Gasteiger partial charge in [-0.1, -0.05) is 146 Å². The van der Waals surface area contributed by atoms with Crippen LogP contribution in [0.5, 0.6) is 0 Å². The van der Waals surface area contributed by atoms with Crippen LogP contribution in [0.15, 0.2) is 194 Å². The molecule has 0 aliphatic carbocycles. The molecular formula is C48H32N2. The van der Waals surface area contributed by atoms with Gasteiger partial charge in [0.1, 0.15) is 0 Å². The monoisotopic (exact) mass is 636 g/mol. The van der Waals surface area contributed by atoms with Crippen molar-refractivity contribution >= 4 is 43.6 Å². The molecule has 0 bridgehead atoms. The zero-order chi connectivity index (χ0) is 33.0. The van der Waals surface area contributed by atoms with E-state index in [0.29, 0.717) is 0 Å². The molecule has 0 amide bonds. The lowest BCUT2D eigenvalue weighted by atomic mass is 10.0. The number of para-hydroxylation sites is 1. The second-order valence-corrected chi connectivity index (χ2v) is 13.0. The van der Waals surface area contributed by atoms with Gasteiger partial charge in [-0.2, -0.15) is 0 Å². The number of hydrogen-bond acceptors (Lipinski definition) is 0. The third-order valence-corrected chi connectivity index (χ3v) is 10.1. The fourth-order valence-electron chi connectivity index (χ4n) is 7.79. The molecule has 10 rings (SSSR count). The maximum atomic E-state index is 2.49. The van der Waals surface area contributed by atoms with E-state index in [0.717, 1.165) is 11.4 Å².